The van der Waals surface area contributed by atoms with E-state index >= 15 is 0 Å². The highest BCUT2D eigenvalue weighted by atomic mass is 79.9. The molecule has 0 saturated heterocycles. The van der Waals surface area contributed by atoms with Gasteiger partial charge in [-0.25, -0.2) is 0 Å². The summed E-state index contributed by atoms with van der Waals surface area (Å²) in [5.41, 5.74) is 8.62. The second-order valence-electron chi connectivity index (χ2n) is 4.16. The van der Waals surface area contributed by atoms with Gasteiger partial charge in [-0.3, -0.25) is 4.79 Å². The van der Waals surface area contributed by atoms with Gasteiger partial charge in [0.1, 0.15) is 5.75 Å². The number of primary amides is 1. The average Bonchev–Trinajstić information content (AvgIpc) is 2.41. The first-order chi connectivity index (χ1) is 9.06. The van der Waals surface area contributed by atoms with E-state index in [1.807, 2.05) is 31.2 Å². The normalized spacial score (nSPS) is 10.3. The summed E-state index contributed by atoms with van der Waals surface area (Å²) in [6.07, 6.45) is 0. The van der Waals surface area contributed by atoms with Gasteiger partial charge < -0.3 is 10.5 Å². The lowest BCUT2D eigenvalue weighted by molar-refractivity contribution is 0.100. The molecule has 2 N–H and O–H groups in total. The number of hydrogen-bond acceptors (Lipinski definition) is 2. The van der Waals surface area contributed by atoms with E-state index < -0.39 is 5.91 Å². The lowest BCUT2D eigenvalue weighted by Gasteiger charge is -2.15. The molecule has 19 heavy (non-hydrogen) atoms. The van der Waals surface area contributed by atoms with Crippen molar-refractivity contribution in [2.45, 2.75) is 6.92 Å². The average molecular weight is 320 g/mol. The predicted octanol–water partition coefficient (Wildman–Crippen LogP) is 3.53. The zero-order chi connectivity index (χ0) is 14.0. The SMILES string of the molecule is COc1cccc(C(N)=O)c1-c1cccc(Br)c1C. The van der Waals surface area contributed by atoms with Crippen LogP contribution in [-0.2, 0) is 0 Å². The van der Waals surface area contributed by atoms with Crippen molar-refractivity contribution in [2.24, 2.45) is 5.73 Å². The molecule has 0 bridgehead atoms. The number of nitrogens with two attached hydrogens (primary N) is 1. The third kappa shape index (κ3) is 2.49. The Hall–Kier alpha value is -1.81. The Kier molecular flexibility index (Phi) is 3.90. The lowest BCUT2D eigenvalue weighted by Crippen LogP contribution is -2.13. The minimum absolute atomic E-state index is 0.459. The van der Waals surface area contributed by atoms with Crippen molar-refractivity contribution in [1.29, 1.82) is 0 Å². The molecule has 3 nitrogen and oxygen atoms in total. The van der Waals surface area contributed by atoms with Crippen LogP contribution in [0.1, 0.15) is 15.9 Å². The summed E-state index contributed by atoms with van der Waals surface area (Å²) in [6, 6.07) is 11.1. The molecule has 1 amide bonds. The molecule has 2 rings (SSSR count). The van der Waals surface area contributed by atoms with Gasteiger partial charge in [0.05, 0.1) is 12.7 Å². The fourth-order valence-electron chi connectivity index (χ4n) is 2.06. The van der Waals surface area contributed by atoms with E-state index in [0.29, 0.717) is 11.3 Å². The topological polar surface area (TPSA) is 52.3 Å². The molecule has 98 valence electrons. The summed E-state index contributed by atoms with van der Waals surface area (Å²) in [4.78, 5) is 11.6. The standard InChI is InChI=1S/C15H14BrNO2/c1-9-10(5-3-7-12(9)16)14-11(15(17)18)6-4-8-13(14)19-2/h3-8H,1-2H3,(H2,17,18). The number of rotatable bonds is 3. The molecule has 0 unspecified atom stereocenters. The maximum Gasteiger partial charge on any atom is 0.249 e. The quantitative estimate of drug-likeness (QED) is 0.940. The Morgan fingerprint density at radius 2 is 1.89 bits per heavy atom. The summed E-state index contributed by atoms with van der Waals surface area (Å²) >= 11 is 3.49. The van der Waals surface area contributed by atoms with Gasteiger partial charge in [-0.05, 0) is 36.2 Å². The Morgan fingerprint density at radius 3 is 2.53 bits per heavy atom. The van der Waals surface area contributed by atoms with Gasteiger partial charge >= 0.3 is 0 Å². The van der Waals surface area contributed by atoms with Crippen LogP contribution in [0.25, 0.3) is 11.1 Å². The second kappa shape index (κ2) is 5.45. The lowest BCUT2D eigenvalue weighted by atomic mass is 9.95. The van der Waals surface area contributed by atoms with Gasteiger partial charge in [-0.1, -0.05) is 34.1 Å². The maximum atomic E-state index is 11.6. The van der Waals surface area contributed by atoms with Gasteiger partial charge in [0.15, 0.2) is 0 Å². The first-order valence-electron chi connectivity index (χ1n) is 5.78. The summed E-state index contributed by atoms with van der Waals surface area (Å²) in [7, 11) is 1.58. The number of carbonyl (C=O) groups excluding carboxylic acids is 1. The molecular weight excluding hydrogens is 306 g/mol. The first kappa shape index (κ1) is 13.6. The molecule has 0 radical (unpaired) electrons. The van der Waals surface area contributed by atoms with E-state index in [4.69, 9.17) is 10.5 Å². The number of amides is 1. The summed E-state index contributed by atoms with van der Waals surface area (Å²) in [5.74, 6) is 0.172. The number of halogens is 1. The van der Waals surface area contributed by atoms with Crippen LogP contribution in [0.5, 0.6) is 5.75 Å². The van der Waals surface area contributed by atoms with Crippen LogP contribution >= 0.6 is 15.9 Å². The molecule has 0 aliphatic rings. The molecule has 0 aliphatic heterocycles. The molecule has 4 heteroatoms. The molecule has 2 aromatic carbocycles. The van der Waals surface area contributed by atoms with E-state index in [0.717, 1.165) is 21.2 Å². The molecule has 0 heterocycles. The van der Waals surface area contributed by atoms with Gasteiger partial charge in [0, 0.05) is 10.0 Å². The van der Waals surface area contributed by atoms with Gasteiger partial charge in [0.2, 0.25) is 5.91 Å². The fourth-order valence-corrected chi connectivity index (χ4v) is 2.43. The predicted molar refractivity (Wildman–Crippen MR) is 79.4 cm³/mol. The first-order valence-corrected chi connectivity index (χ1v) is 6.58. The highest BCUT2D eigenvalue weighted by Crippen LogP contribution is 2.37. The molecule has 0 fully saturated rings. The second-order valence-corrected chi connectivity index (χ2v) is 5.01. The van der Waals surface area contributed by atoms with Crippen molar-refractivity contribution in [3.8, 4) is 16.9 Å². The van der Waals surface area contributed by atoms with E-state index in [1.165, 1.54) is 0 Å². The zero-order valence-corrected chi connectivity index (χ0v) is 12.3. The largest absolute Gasteiger partial charge is 0.496 e. The van der Waals surface area contributed by atoms with Crippen LogP contribution in [0.2, 0.25) is 0 Å². The van der Waals surface area contributed by atoms with Crippen LogP contribution in [0.15, 0.2) is 40.9 Å². The van der Waals surface area contributed by atoms with Crippen LogP contribution in [0, 0.1) is 6.92 Å². The highest BCUT2D eigenvalue weighted by molar-refractivity contribution is 9.10. The summed E-state index contributed by atoms with van der Waals surface area (Å²) < 4.78 is 6.34. The molecule has 0 aliphatic carbocycles. The van der Waals surface area contributed by atoms with Crippen LogP contribution in [0.4, 0.5) is 0 Å². The molecule has 0 spiro atoms. The maximum absolute atomic E-state index is 11.6. The minimum Gasteiger partial charge on any atom is -0.496 e. The van der Waals surface area contributed by atoms with E-state index in [9.17, 15) is 4.79 Å². The van der Waals surface area contributed by atoms with Gasteiger partial charge in [-0.2, -0.15) is 0 Å². The third-order valence-corrected chi connectivity index (χ3v) is 3.91. The van der Waals surface area contributed by atoms with Gasteiger partial charge in [-0.15, -0.1) is 0 Å². The molecule has 0 atom stereocenters. The smallest absolute Gasteiger partial charge is 0.249 e. The van der Waals surface area contributed by atoms with Gasteiger partial charge in [0.25, 0.3) is 0 Å². The zero-order valence-electron chi connectivity index (χ0n) is 10.7. The van der Waals surface area contributed by atoms with Crippen molar-refractivity contribution >= 4 is 21.8 Å². The van der Waals surface area contributed by atoms with Crippen molar-refractivity contribution in [1.82, 2.24) is 0 Å². The number of benzene rings is 2. The summed E-state index contributed by atoms with van der Waals surface area (Å²) in [6.45, 7) is 1.98. The monoisotopic (exact) mass is 319 g/mol. The number of methoxy groups -OCH3 is 1. The van der Waals surface area contributed by atoms with Crippen molar-refractivity contribution in [3.63, 3.8) is 0 Å². The van der Waals surface area contributed by atoms with Crippen LogP contribution in [0.3, 0.4) is 0 Å². The summed E-state index contributed by atoms with van der Waals surface area (Å²) in [5, 5.41) is 0. The number of hydrogen-bond donors (Lipinski definition) is 1. The van der Waals surface area contributed by atoms with Crippen LogP contribution < -0.4 is 10.5 Å². The Morgan fingerprint density at radius 1 is 1.21 bits per heavy atom. The minimum atomic E-state index is -0.465. The van der Waals surface area contributed by atoms with Crippen molar-refractivity contribution in [3.05, 3.63) is 52.0 Å². The van der Waals surface area contributed by atoms with Crippen LogP contribution in [-0.4, -0.2) is 13.0 Å². The van der Waals surface area contributed by atoms with E-state index in [-0.39, 0.29) is 0 Å². The van der Waals surface area contributed by atoms with E-state index in [1.54, 1.807) is 19.2 Å². The van der Waals surface area contributed by atoms with Crippen molar-refractivity contribution < 1.29 is 9.53 Å². The fraction of sp³-hybridized carbons (Fsp3) is 0.133. The molecule has 0 aromatic heterocycles. The number of ether oxygens (including phenoxy) is 1. The Balaban J connectivity index is 2.80. The highest BCUT2D eigenvalue weighted by Gasteiger charge is 2.17. The molecule has 2 aromatic rings. The van der Waals surface area contributed by atoms with Crippen molar-refractivity contribution in [2.75, 3.05) is 7.11 Å². The Labute approximate surface area is 120 Å². The third-order valence-electron chi connectivity index (χ3n) is 3.05. The molecule has 0 saturated carbocycles. The van der Waals surface area contributed by atoms with E-state index in [2.05, 4.69) is 15.9 Å². The Bertz CT molecular complexity index is 638. The molecular formula is C15H14BrNO2. The number of carbonyl (C=O) groups is 1.